The standard InChI is InChI=1S/C70H53BN2O2S/c1-3-5-20-44-32-35-49(36-33-44)73-60-43-65-53(51-29-17-19-31-64(51)76-65)39-57(60)66-67-62(42-55-50-28-16-18-30-63(50)74-70(55)66)72(59-37-34-45(21-6-4-2)38-52(59)46-22-10-7-11-23-46)61-41-56-54(40-58(61)71(67)73)68(47-24-12-8-13-25-47)75-69(56)48-26-14-9-15-27-48/h7-19,22-43H,3-6,20-21H2,1-2H3. The van der Waals surface area contributed by atoms with Crippen molar-refractivity contribution in [3.05, 3.63) is 223 Å². The Hall–Kier alpha value is -8.58. The largest absolute Gasteiger partial charge is 0.455 e. The van der Waals surface area contributed by atoms with Gasteiger partial charge in [0.2, 0.25) is 0 Å². The lowest BCUT2D eigenvalue weighted by Gasteiger charge is -2.46. The van der Waals surface area contributed by atoms with Crippen LogP contribution in [-0.4, -0.2) is 6.85 Å². The van der Waals surface area contributed by atoms with E-state index in [1.54, 1.807) is 0 Å². The maximum Gasteiger partial charge on any atom is 0.333 e. The van der Waals surface area contributed by atoms with E-state index in [1.807, 2.05) is 11.3 Å². The normalized spacial score (nSPS) is 12.8. The lowest BCUT2D eigenvalue weighted by atomic mass is 9.43. The Kier molecular flexibility index (Phi) is 10.7. The maximum absolute atomic E-state index is 7.28. The Balaban J connectivity index is 1.13. The zero-order valence-corrected chi connectivity index (χ0v) is 43.5. The van der Waals surface area contributed by atoms with Gasteiger partial charge in [0, 0.05) is 92.3 Å². The van der Waals surface area contributed by atoms with Gasteiger partial charge >= 0.3 is 6.85 Å². The van der Waals surface area contributed by atoms with E-state index < -0.39 is 0 Å². The SMILES string of the molecule is CCCCc1ccc(N2B3c4cc5c(-c6ccccc6)oc(-c6ccccc6)c5cc4N(c4ccc(CCCC)cc4-c4ccccc4)c4cc5c(oc6ccccc65)c(c43)-c3cc4c(cc32)sc2ccccc24)cc1. The van der Waals surface area contributed by atoms with Crippen LogP contribution in [0.2, 0.25) is 0 Å². The fourth-order valence-corrected chi connectivity index (χ4v) is 13.7. The second-order valence-electron chi connectivity index (χ2n) is 20.8. The highest BCUT2D eigenvalue weighted by Crippen LogP contribution is 2.55. The molecular formula is C70H53BN2O2S. The highest BCUT2D eigenvalue weighted by Gasteiger charge is 2.47. The minimum atomic E-state index is -0.276. The Bertz CT molecular complexity index is 4380. The number of benzene rings is 10. The van der Waals surface area contributed by atoms with Gasteiger partial charge in [-0.25, -0.2) is 0 Å². The number of hydrogen-bond acceptors (Lipinski definition) is 5. The third kappa shape index (κ3) is 7.04. The van der Waals surface area contributed by atoms with E-state index in [1.165, 1.54) is 64.6 Å². The summed E-state index contributed by atoms with van der Waals surface area (Å²) in [6, 6.07) is 78.9. The average molecular weight is 997 g/mol. The summed E-state index contributed by atoms with van der Waals surface area (Å²) in [7, 11) is 0. The number of nitrogens with zero attached hydrogens (tertiary/aromatic N) is 2. The molecule has 2 aliphatic heterocycles. The van der Waals surface area contributed by atoms with Crippen molar-refractivity contribution in [1.29, 1.82) is 0 Å². The first kappa shape index (κ1) is 44.9. The van der Waals surface area contributed by atoms with Gasteiger partial charge in [-0.05, 0) is 114 Å². The van der Waals surface area contributed by atoms with E-state index in [0.717, 1.165) is 122 Å². The van der Waals surface area contributed by atoms with Gasteiger partial charge in [0.15, 0.2) is 0 Å². The Morgan fingerprint density at radius 3 is 1.78 bits per heavy atom. The molecule has 76 heavy (non-hydrogen) atoms. The minimum absolute atomic E-state index is 0.276. The quantitative estimate of drug-likeness (QED) is 0.121. The third-order valence-corrected chi connectivity index (χ3v) is 17.3. The van der Waals surface area contributed by atoms with Crippen LogP contribution in [-0.2, 0) is 12.8 Å². The molecule has 5 heterocycles. The lowest BCUT2D eigenvalue weighted by Crippen LogP contribution is -2.61. The van der Waals surface area contributed by atoms with Gasteiger partial charge < -0.3 is 18.5 Å². The van der Waals surface area contributed by atoms with E-state index in [9.17, 15) is 0 Å². The van der Waals surface area contributed by atoms with Crippen LogP contribution in [0.4, 0.5) is 28.4 Å². The Labute approximate surface area is 447 Å². The first-order valence-electron chi connectivity index (χ1n) is 27.1. The first-order chi connectivity index (χ1) is 37.6. The molecule has 4 nitrogen and oxygen atoms in total. The number of hydrogen-bond donors (Lipinski definition) is 0. The van der Waals surface area contributed by atoms with Gasteiger partial charge in [-0.3, -0.25) is 0 Å². The van der Waals surface area contributed by atoms with Crippen LogP contribution >= 0.6 is 11.3 Å². The monoisotopic (exact) mass is 996 g/mol. The van der Waals surface area contributed by atoms with Crippen molar-refractivity contribution >= 4 is 110 Å². The molecule has 0 saturated heterocycles. The van der Waals surface area contributed by atoms with E-state index >= 15 is 0 Å². The van der Waals surface area contributed by atoms with Crippen molar-refractivity contribution in [2.75, 3.05) is 9.71 Å². The number of furan rings is 2. The Morgan fingerprint density at radius 1 is 0.434 bits per heavy atom. The van der Waals surface area contributed by atoms with Crippen molar-refractivity contribution in [3.63, 3.8) is 0 Å². The van der Waals surface area contributed by atoms with E-state index in [2.05, 4.69) is 236 Å². The second-order valence-corrected chi connectivity index (χ2v) is 21.9. The van der Waals surface area contributed by atoms with Crippen LogP contribution in [0.25, 0.3) is 97.8 Å². The lowest BCUT2D eigenvalue weighted by molar-refractivity contribution is 0.602. The predicted molar refractivity (Wildman–Crippen MR) is 324 cm³/mol. The fourth-order valence-electron chi connectivity index (χ4n) is 12.6. The molecule has 15 rings (SSSR count). The van der Waals surface area contributed by atoms with Crippen molar-refractivity contribution in [2.24, 2.45) is 0 Å². The number of aryl methyl sites for hydroxylation is 2. The molecular weight excluding hydrogens is 944 g/mol. The zero-order valence-electron chi connectivity index (χ0n) is 42.6. The number of para-hydroxylation sites is 1. The number of thiophene rings is 1. The van der Waals surface area contributed by atoms with Crippen molar-refractivity contribution in [1.82, 2.24) is 0 Å². The second kappa shape index (κ2) is 18.1. The van der Waals surface area contributed by atoms with Crippen molar-refractivity contribution in [2.45, 2.75) is 52.4 Å². The zero-order chi connectivity index (χ0) is 50.4. The molecule has 0 N–H and O–H groups in total. The molecule has 0 saturated carbocycles. The highest BCUT2D eigenvalue weighted by atomic mass is 32.1. The van der Waals surface area contributed by atoms with Gasteiger partial charge in [0.25, 0.3) is 0 Å². The summed E-state index contributed by atoms with van der Waals surface area (Å²) in [5.74, 6) is 1.72. The van der Waals surface area contributed by atoms with Crippen LogP contribution in [0.1, 0.15) is 50.7 Å². The summed E-state index contributed by atoms with van der Waals surface area (Å²) in [6.07, 6.45) is 6.66. The number of fused-ring (bicyclic) bond motifs is 12. The van der Waals surface area contributed by atoms with Crippen molar-refractivity contribution in [3.8, 4) is 44.9 Å². The molecule has 0 fully saturated rings. The van der Waals surface area contributed by atoms with Gasteiger partial charge in [-0.1, -0.05) is 178 Å². The minimum Gasteiger partial charge on any atom is -0.455 e. The number of rotatable bonds is 11. The molecule has 6 heteroatoms. The summed E-state index contributed by atoms with van der Waals surface area (Å²) in [5, 5.41) is 6.90. The van der Waals surface area contributed by atoms with E-state index in [0.29, 0.717) is 0 Å². The smallest absolute Gasteiger partial charge is 0.333 e. The molecule has 13 aromatic rings. The summed E-state index contributed by atoms with van der Waals surface area (Å²) in [4.78, 5) is 5.27. The van der Waals surface area contributed by atoms with E-state index in [-0.39, 0.29) is 6.85 Å². The maximum atomic E-state index is 7.28. The van der Waals surface area contributed by atoms with Crippen LogP contribution in [0.15, 0.2) is 221 Å². The highest BCUT2D eigenvalue weighted by molar-refractivity contribution is 7.25. The summed E-state index contributed by atoms with van der Waals surface area (Å²) >= 11 is 1.88. The number of anilines is 5. The topological polar surface area (TPSA) is 32.8 Å². The molecule has 0 unspecified atom stereocenters. The molecule has 0 amide bonds. The summed E-state index contributed by atoms with van der Waals surface area (Å²) in [5.41, 5.74) is 19.4. The predicted octanol–water partition coefficient (Wildman–Crippen LogP) is 19.1. The average Bonchev–Trinajstić information content (AvgIpc) is 4.22. The molecule has 0 radical (unpaired) electrons. The molecule has 364 valence electrons. The van der Waals surface area contributed by atoms with Crippen LogP contribution in [0.3, 0.4) is 0 Å². The van der Waals surface area contributed by atoms with Gasteiger partial charge in [-0.2, -0.15) is 0 Å². The number of unbranched alkanes of at least 4 members (excludes halogenated alkanes) is 2. The molecule has 0 spiro atoms. The molecule has 0 atom stereocenters. The third-order valence-electron chi connectivity index (χ3n) is 16.2. The van der Waals surface area contributed by atoms with Gasteiger partial charge in [0.1, 0.15) is 22.7 Å². The van der Waals surface area contributed by atoms with Crippen LogP contribution in [0.5, 0.6) is 0 Å². The fraction of sp³-hybridized carbons (Fsp3) is 0.114. The molecule has 3 aromatic heterocycles. The first-order valence-corrected chi connectivity index (χ1v) is 27.9. The van der Waals surface area contributed by atoms with E-state index in [4.69, 9.17) is 8.83 Å². The van der Waals surface area contributed by atoms with Gasteiger partial charge in [0.05, 0.1) is 5.69 Å². The van der Waals surface area contributed by atoms with Gasteiger partial charge in [-0.15, -0.1) is 11.3 Å². The Morgan fingerprint density at radius 2 is 1.05 bits per heavy atom. The summed E-state index contributed by atoms with van der Waals surface area (Å²) < 4.78 is 17.1. The molecule has 0 aliphatic carbocycles. The van der Waals surface area contributed by atoms with Crippen LogP contribution < -0.4 is 20.6 Å². The van der Waals surface area contributed by atoms with Crippen molar-refractivity contribution < 1.29 is 8.83 Å². The van der Waals surface area contributed by atoms with Crippen LogP contribution in [0, 0.1) is 0 Å². The summed E-state index contributed by atoms with van der Waals surface area (Å²) in [6.45, 7) is 4.28. The molecule has 10 aromatic carbocycles. The molecule has 0 bridgehead atoms. The molecule has 2 aliphatic rings.